The van der Waals surface area contributed by atoms with Gasteiger partial charge in [-0.05, 0) is 44.6 Å². The van der Waals surface area contributed by atoms with Crippen LogP contribution < -0.4 is 0 Å². The van der Waals surface area contributed by atoms with Gasteiger partial charge in [0.25, 0.3) is 0 Å². The molecule has 0 spiro atoms. The fraction of sp³-hybridized carbons (Fsp3) is 0.667. The van der Waals surface area contributed by atoms with E-state index in [1.54, 1.807) is 0 Å². The lowest BCUT2D eigenvalue weighted by Gasteiger charge is -2.32. The van der Waals surface area contributed by atoms with Crippen LogP contribution in [0.25, 0.3) is 0 Å². The Hall–Kier alpha value is -1.46. The molecule has 0 aromatic carbocycles. The number of aryl methyl sites for hydroxylation is 1. The molecule has 23 heavy (non-hydrogen) atoms. The number of likely N-dealkylation sites (tertiary alicyclic amines) is 1. The Labute approximate surface area is 139 Å². The van der Waals surface area contributed by atoms with Crippen LogP contribution in [0.4, 0.5) is 0 Å². The Kier molecular flexibility index (Phi) is 5.28. The van der Waals surface area contributed by atoms with Gasteiger partial charge in [0.05, 0.1) is 0 Å². The van der Waals surface area contributed by atoms with Gasteiger partial charge in [-0.1, -0.05) is 0 Å². The summed E-state index contributed by atoms with van der Waals surface area (Å²) in [5.74, 6) is 0.837. The molecule has 0 saturated carbocycles. The van der Waals surface area contributed by atoms with Gasteiger partial charge in [0, 0.05) is 63.5 Å². The predicted octanol–water partition coefficient (Wildman–Crippen LogP) is 1.34. The molecule has 1 atom stereocenters. The van der Waals surface area contributed by atoms with Crippen molar-refractivity contribution in [1.29, 1.82) is 0 Å². The van der Waals surface area contributed by atoms with Gasteiger partial charge in [0.1, 0.15) is 0 Å². The number of likely N-dealkylation sites (N-methyl/N-ethyl adjacent to an activating group) is 1. The largest absolute Gasteiger partial charge is 0.340 e. The maximum Gasteiger partial charge on any atom is 0.223 e. The van der Waals surface area contributed by atoms with Gasteiger partial charge >= 0.3 is 0 Å². The van der Waals surface area contributed by atoms with Crippen LogP contribution in [0.5, 0.6) is 0 Å². The zero-order chi connectivity index (χ0) is 16.2. The Morgan fingerprint density at radius 2 is 2.04 bits per heavy atom. The van der Waals surface area contributed by atoms with Crippen molar-refractivity contribution in [3.8, 4) is 0 Å². The van der Waals surface area contributed by atoms with Crippen molar-refractivity contribution < 1.29 is 4.79 Å². The summed E-state index contributed by atoms with van der Waals surface area (Å²) in [6, 6.07) is 4.24. The van der Waals surface area contributed by atoms with Crippen molar-refractivity contribution in [3.63, 3.8) is 0 Å². The van der Waals surface area contributed by atoms with E-state index in [9.17, 15) is 4.79 Å². The summed E-state index contributed by atoms with van der Waals surface area (Å²) in [5.41, 5.74) is 2.48. The van der Waals surface area contributed by atoms with Crippen LogP contribution in [-0.2, 0) is 4.79 Å². The highest BCUT2D eigenvalue weighted by molar-refractivity contribution is 5.76. The summed E-state index contributed by atoms with van der Waals surface area (Å²) in [5, 5.41) is 0. The topological polar surface area (TPSA) is 39.7 Å². The average Bonchev–Trinajstić information content (AvgIpc) is 3.02. The molecule has 2 aliphatic heterocycles. The van der Waals surface area contributed by atoms with Crippen LogP contribution in [0.3, 0.4) is 0 Å². The Morgan fingerprint density at radius 3 is 2.78 bits per heavy atom. The molecule has 2 fully saturated rings. The third-order valence-electron chi connectivity index (χ3n) is 5.13. The molecule has 0 N–H and O–H groups in total. The Bertz CT molecular complexity index is 540. The summed E-state index contributed by atoms with van der Waals surface area (Å²) in [6.45, 7) is 8.87. The fourth-order valence-corrected chi connectivity index (χ4v) is 3.53. The Balaban J connectivity index is 1.44. The van der Waals surface area contributed by atoms with Crippen molar-refractivity contribution in [2.75, 3.05) is 52.9 Å². The predicted molar refractivity (Wildman–Crippen MR) is 91.5 cm³/mol. The molecule has 0 aliphatic carbocycles. The van der Waals surface area contributed by atoms with E-state index in [4.69, 9.17) is 0 Å². The SMILES string of the molecule is Cc1ccnc(C2CCN(CCC(=O)N3CCN(C)CC3)C2)c1. The number of rotatable bonds is 4. The molecule has 5 nitrogen and oxygen atoms in total. The molecule has 2 aliphatic rings. The van der Waals surface area contributed by atoms with Gasteiger partial charge in [0.15, 0.2) is 0 Å². The van der Waals surface area contributed by atoms with Crippen LogP contribution in [0.15, 0.2) is 18.3 Å². The lowest BCUT2D eigenvalue weighted by Crippen LogP contribution is -2.47. The number of amides is 1. The summed E-state index contributed by atoms with van der Waals surface area (Å²) in [6.07, 6.45) is 3.71. The molecular weight excluding hydrogens is 288 g/mol. The normalized spacial score (nSPS) is 23.4. The first-order valence-electron chi connectivity index (χ1n) is 8.73. The minimum Gasteiger partial charge on any atom is -0.340 e. The second kappa shape index (κ2) is 7.41. The first kappa shape index (κ1) is 16.4. The van der Waals surface area contributed by atoms with Crippen LogP contribution in [0.1, 0.15) is 30.0 Å². The molecule has 3 heterocycles. The van der Waals surface area contributed by atoms with E-state index in [0.29, 0.717) is 18.2 Å². The molecule has 5 heteroatoms. The van der Waals surface area contributed by atoms with Crippen molar-refractivity contribution in [1.82, 2.24) is 19.7 Å². The molecule has 1 aromatic heterocycles. The third-order valence-corrected chi connectivity index (χ3v) is 5.13. The molecule has 1 unspecified atom stereocenters. The van der Waals surface area contributed by atoms with Gasteiger partial charge in [-0.2, -0.15) is 0 Å². The van der Waals surface area contributed by atoms with E-state index >= 15 is 0 Å². The Morgan fingerprint density at radius 1 is 1.26 bits per heavy atom. The van der Waals surface area contributed by atoms with Crippen molar-refractivity contribution >= 4 is 5.91 Å². The zero-order valence-electron chi connectivity index (χ0n) is 14.4. The fourth-order valence-electron chi connectivity index (χ4n) is 3.53. The molecule has 3 rings (SSSR count). The van der Waals surface area contributed by atoms with E-state index < -0.39 is 0 Å². The summed E-state index contributed by atoms with van der Waals surface area (Å²) < 4.78 is 0. The van der Waals surface area contributed by atoms with Crippen LogP contribution >= 0.6 is 0 Å². The maximum absolute atomic E-state index is 12.3. The van der Waals surface area contributed by atoms with E-state index in [1.807, 2.05) is 17.2 Å². The lowest BCUT2D eigenvalue weighted by molar-refractivity contribution is -0.133. The summed E-state index contributed by atoms with van der Waals surface area (Å²) in [4.78, 5) is 23.6. The minimum atomic E-state index is 0.315. The standard InChI is InChI=1S/C18H28N4O/c1-15-3-6-19-17(13-15)16-4-7-21(14-16)8-5-18(23)22-11-9-20(2)10-12-22/h3,6,13,16H,4-5,7-12,14H2,1-2H3. The van der Waals surface area contributed by atoms with Crippen molar-refractivity contribution in [2.45, 2.75) is 25.7 Å². The summed E-state index contributed by atoms with van der Waals surface area (Å²) in [7, 11) is 2.12. The number of aromatic nitrogens is 1. The number of pyridine rings is 1. The van der Waals surface area contributed by atoms with E-state index in [-0.39, 0.29) is 0 Å². The number of hydrogen-bond acceptors (Lipinski definition) is 4. The van der Waals surface area contributed by atoms with Crippen molar-refractivity contribution in [2.24, 2.45) is 0 Å². The first-order chi connectivity index (χ1) is 11.1. The van der Waals surface area contributed by atoms with Gasteiger partial charge in [-0.25, -0.2) is 0 Å². The van der Waals surface area contributed by atoms with E-state index in [0.717, 1.165) is 52.2 Å². The average molecular weight is 316 g/mol. The summed E-state index contributed by atoms with van der Waals surface area (Å²) >= 11 is 0. The van der Waals surface area contributed by atoms with Crippen LogP contribution in [-0.4, -0.2) is 78.5 Å². The number of carbonyl (C=O) groups is 1. The monoisotopic (exact) mass is 316 g/mol. The number of piperazine rings is 1. The third kappa shape index (κ3) is 4.30. The minimum absolute atomic E-state index is 0.315. The molecule has 0 bridgehead atoms. The van der Waals surface area contributed by atoms with Gasteiger partial charge in [-0.3, -0.25) is 9.78 Å². The quantitative estimate of drug-likeness (QED) is 0.840. The van der Waals surface area contributed by atoms with E-state index in [1.165, 1.54) is 11.3 Å². The van der Waals surface area contributed by atoms with Gasteiger partial charge in [-0.15, -0.1) is 0 Å². The number of carbonyl (C=O) groups excluding carboxylic acids is 1. The molecular formula is C18H28N4O. The molecule has 0 radical (unpaired) electrons. The molecule has 2 saturated heterocycles. The molecule has 1 aromatic rings. The van der Waals surface area contributed by atoms with Gasteiger partial charge < -0.3 is 14.7 Å². The maximum atomic E-state index is 12.3. The molecule has 126 valence electrons. The molecule has 1 amide bonds. The van der Waals surface area contributed by atoms with Crippen LogP contribution in [0.2, 0.25) is 0 Å². The zero-order valence-corrected chi connectivity index (χ0v) is 14.4. The van der Waals surface area contributed by atoms with E-state index in [2.05, 4.69) is 34.8 Å². The van der Waals surface area contributed by atoms with Gasteiger partial charge in [0.2, 0.25) is 5.91 Å². The van der Waals surface area contributed by atoms with Crippen molar-refractivity contribution in [3.05, 3.63) is 29.6 Å². The first-order valence-corrected chi connectivity index (χ1v) is 8.73. The highest BCUT2D eigenvalue weighted by atomic mass is 16.2. The highest BCUT2D eigenvalue weighted by Gasteiger charge is 2.26. The van der Waals surface area contributed by atoms with Crippen LogP contribution in [0, 0.1) is 6.92 Å². The number of hydrogen-bond donors (Lipinski definition) is 0. The lowest BCUT2D eigenvalue weighted by atomic mass is 10.0. The highest BCUT2D eigenvalue weighted by Crippen LogP contribution is 2.26. The number of nitrogens with zero attached hydrogens (tertiary/aromatic N) is 4. The second-order valence-electron chi connectivity index (χ2n) is 6.98. The second-order valence-corrected chi connectivity index (χ2v) is 6.98. The smallest absolute Gasteiger partial charge is 0.223 e.